The summed E-state index contributed by atoms with van der Waals surface area (Å²) in [5.41, 5.74) is 2.00. The molecule has 1 unspecified atom stereocenters. The summed E-state index contributed by atoms with van der Waals surface area (Å²) in [7, 11) is 0. The van der Waals surface area contributed by atoms with Gasteiger partial charge in [0, 0.05) is 38.0 Å². The first kappa shape index (κ1) is 30.4. The molecule has 0 spiro atoms. The van der Waals surface area contributed by atoms with Crippen molar-refractivity contribution in [3.63, 3.8) is 0 Å². The number of allylic oxidation sites excluding steroid dienone is 2. The Morgan fingerprint density at radius 2 is 1.57 bits per heavy atom. The van der Waals surface area contributed by atoms with Crippen molar-refractivity contribution >= 4 is 11.6 Å². The maximum atomic E-state index is 13.6. The molecule has 3 aromatic carbocycles. The number of halogens is 4. The van der Waals surface area contributed by atoms with Gasteiger partial charge < -0.3 is 4.74 Å². The monoisotopic (exact) mass is 594 g/mol. The second kappa shape index (κ2) is 14.4. The fourth-order valence-electron chi connectivity index (χ4n) is 5.98. The van der Waals surface area contributed by atoms with E-state index in [4.69, 9.17) is 16.3 Å². The quantitative estimate of drug-likeness (QED) is 0.195. The predicted molar refractivity (Wildman–Crippen MR) is 163 cm³/mol. The highest BCUT2D eigenvalue weighted by molar-refractivity contribution is 6.32. The summed E-state index contributed by atoms with van der Waals surface area (Å²) in [6.07, 6.45) is 6.02. The number of rotatable bonds is 12. The molecule has 1 fully saturated rings. The smallest absolute Gasteiger partial charge is 0.417 e. The Labute approximate surface area is 252 Å². The summed E-state index contributed by atoms with van der Waals surface area (Å²) in [5, 5.41) is -0.227. The summed E-state index contributed by atoms with van der Waals surface area (Å²) in [5.74, 6) is 1.04. The van der Waals surface area contributed by atoms with E-state index in [0.29, 0.717) is 37.8 Å². The molecule has 1 aliphatic heterocycles. The Bertz CT molecular complexity index is 1300. The van der Waals surface area contributed by atoms with E-state index in [2.05, 4.69) is 46.2 Å². The summed E-state index contributed by atoms with van der Waals surface area (Å²) in [4.78, 5) is 4.72. The highest BCUT2D eigenvalue weighted by Crippen LogP contribution is 2.37. The Morgan fingerprint density at radius 3 is 2.21 bits per heavy atom. The van der Waals surface area contributed by atoms with Crippen molar-refractivity contribution in [1.29, 1.82) is 0 Å². The summed E-state index contributed by atoms with van der Waals surface area (Å²) in [6, 6.07) is 25.1. The number of hydrogen-bond acceptors (Lipinski definition) is 3. The van der Waals surface area contributed by atoms with Gasteiger partial charge in [-0.3, -0.25) is 9.80 Å². The molecule has 5 rings (SSSR count). The molecular formula is C35H38ClF3N2O. The highest BCUT2D eigenvalue weighted by atomic mass is 35.5. The predicted octanol–water partition coefficient (Wildman–Crippen LogP) is 8.71. The molecule has 1 saturated heterocycles. The second-order valence-corrected chi connectivity index (χ2v) is 11.5. The lowest BCUT2D eigenvalue weighted by Crippen LogP contribution is -2.33. The van der Waals surface area contributed by atoms with E-state index in [1.165, 1.54) is 18.9 Å². The third-order valence-corrected chi connectivity index (χ3v) is 8.61. The summed E-state index contributed by atoms with van der Waals surface area (Å²) >= 11 is 6.35. The molecule has 0 bridgehead atoms. The average Bonchev–Trinajstić information content (AvgIpc) is 3.55. The van der Waals surface area contributed by atoms with Crippen LogP contribution in [0.3, 0.4) is 0 Å². The van der Waals surface area contributed by atoms with Crippen LogP contribution in [0.15, 0.2) is 103 Å². The minimum absolute atomic E-state index is 0.0466. The molecular weight excluding hydrogens is 557 g/mol. The van der Waals surface area contributed by atoms with E-state index in [-0.39, 0.29) is 10.9 Å². The van der Waals surface area contributed by atoms with Crippen LogP contribution in [0.5, 0.6) is 0 Å². The Kier molecular flexibility index (Phi) is 10.4. The molecule has 0 saturated carbocycles. The molecule has 0 N–H and O–H groups in total. The number of nitrogens with zero attached hydrogens (tertiary/aromatic N) is 2. The lowest BCUT2D eigenvalue weighted by atomic mass is 9.90. The van der Waals surface area contributed by atoms with Crippen LogP contribution in [0, 0.1) is 0 Å². The van der Waals surface area contributed by atoms with E-state index in [9.17, 15) is 13.2 Å². The molecule has 3 aromatic rings. The number of likely N-dealkylation sites (tertiary alicyclic amines) is 1. The van der Waals surface area contributed by atoms with Gasteiger partial charge in [0.25, 0.3) is 0 Å². The first-order valence-corrected chi connectivity index (χ1v) is 15.2. The lowest BCUT2D eigenvalue weighted by Gasteiger charge is -2.30. The van der Waals surface area contributed by atoms with Gasteiger partial charge in [-0.25, -0.2) is 0 Å². The zero-order valence-corrected chi connectivity index (χ0v) is 24.5. The molecule has 0 aromatic heterocycles. The van der Waals surface area contributed by atoms with E-state index < -0.39 is 11.7 Å². The molecule has 2 aliphatic rings. The zero-order valence-electron chi connectivity index (χ0n) is 23.8. The van der Waals surface area contributed by atoms with Crippen LogP contribution < -0.4 is 0 Å². The Morgan fingerprint density at radius 1 is 0.905 bits per heavy atom. The molecule has 7 heteroatoms. The van der Waals surface area contributed by atoms with Crippen molar-refractivity contribution in [2.75, 3.05) is 32.8 Å². The van der Waals surface area contributed by atoms with E-state index >= 15 is 0 Å². The second-order valence-electron chi connectivity index (χ2n) is 11.1. The van der Waals surface area contributed by atoms with Crippen molar-refractivity contribution in [1.82, 2.24) is 9.80 Å². The Balaban J connectivity index is 1.30. The van der Waals surface area contributed by atoms with Gasteiger partial charge in [-0.15, -0.1) is 0 Å². The highest BCUT2D eigenvalue weighted by Gasteiger charge is 2.34. The van der Waals surface area contributed by atoms with Crippen LogP contribution in [-0.2, 0) is 17.5 Å². The average molecular weight is 595 g/mol. The fourth-order valence-corrected chi connectivity index (χ4v) is 6.28. The van der Waals surface area contributed by atoms with Gasteiger partial charge in [0.2, 0.25) is 0 Å². The molecule has 0 radical (unpaired) electrons. The van der Waals surface area contributed by atoms with Crippen LogP contribution in [0.2, 0.25) is 5.02 Å². The first-order valence-electron chi connectivity index (χ1n) is 14.8. The van der Waals surface area contributed by atoms with E-state index in [0.717, 1.165) is 48.9 Å². The van der Waals surface area contributed by atoms with Gasteiger partial charge in [0.15, 0.2) is 0 Å². The normalized spacial score (nSPS) is 17.7. The third-order valence-electron chi connectivity index (χ3n) is 8.16. The SMILES string of the molecule is FC(F)(F)c1cccc(CN(CCCOC2=CC=CC(N3CCCC3)C2)CC(c2ccccc2)c2ccccc2)c1Cl. The zero-order chi connectivity index (χ0) is 29.4. The standard InChI is InChI=1S/C35H38ClF3N2O/c36-34-29(16-9-19-33(34)35(37,38)39)25-40(26-32(27-12-3-1-4-13-27)28-14-5-2-6-15-28)20-11-23-42-31-18-10-17-30(24-31)41-21-7-8-22-41/h1-6,9-10,12-19,30,32H,7-8,11,20-26H2. The van der Waals surface area contributed by atoms with Crippen LogP contribution in [0.4, 0.5) is 13.2 Å². The van der Waals surface area contributed by atoms with E-state index in [1.807, 2.05) is 42.5 Å². The molecule has 42 heavy (non-hydrogen) atoms. The first-order chi connectivity index (χ1) is 20.4. The maximum Gasteiger partial charge on any atom is 0.417 e. The van der Waals surface area contributed by atoms with Crippen LogP contribution >= 0.6 is 11.6 Å². The number of benzene rings is 3. The number of alkyl halides is 3. The summed E-state index contributed by atoms with van der Waals surface area (Å²) < 4.78 is 47.1. The van der Waals surface area contributed by atoms with Gasteiger partial charge in [0.1, 0.15) is 0 Å². The molecule has 0 amide bonds. The molecule has 1 atom stereocenters. The van der Waals surface area contributed by atoms with Gasteiger partial charge in [-0.1, -0.05) is 96.5 Å². The third kappa shape index (κ3) is 8.06. The number of hydrogen-bond donors (Lipinski definition) is 0. The van der Waals surface area contributed by atoms with Crippen LogP contribution in [0.25, 0.3) is 0 Å². The van der Waals surface area contributed by atoms with Crippen LogP contribution in [-0.4, -0.2) is 48.6 Å². The van der Waals surface area contributed by atoms with Gasteiger partial charge in [0.05, 0.1) is 23.0 Å². The van der Waals surface area contributed by atoms with Gasteiger partial charge in [-0.05, 0) is 61.2 Å². The van der Waals surface area contributed by atoms with Crippen molar-refractivity contribution in [2.24, 2.45) is 0 Å². The fraction of sp³-hybridized carbons (Fsp3) is 0.371. The number of ether oxygens (including phenoxy) is 1. The summed E-state index contributed by atoms with van der Waals surface area (Å²) in [6.45, 7) is 4.41. The van der Waals surface area contributed by atoms with Crippen molar-refractivity contribution in [3.05, 3.63) is 130 Å². The van der Waals surface area contributed by atoms with E-state index in [1.54, 1.807) is 6.07 Å². The minimum Gasteiger partial charge on any atom is -0.498 e. The lowest BCUT2D eigenvalue weighted by molar-refractivity contribution is -0.137. The molecule has 222 valence electrons. The van der Waals surface area contributed by atoms with Crippen molar-refractivity contribution < 1.29 is 17.9 Å². The largest absolute Gasteiger partial charge is 0.498 e. The van der Waals surface area contributed by atoms with Crippen molar-refractivity contribution in [2.45, 2.75) is 50.4 Å². The maximum absolute atomic E-state index is 13.6. The molecule has 1 heterocycles. The molecule has 1 aliphatic carbocycles. The Hall–Kier alpha value is -3.06. The van der Waals surface area contributed by atoms with Gasteiger partial charge in [-0.2, -0.15) is 13.2 Å². The van der Waals surface area contributed by atoms with Crippen LogP contribution in [0.1, 0.15) is 53.9 Å². The van der Waals surface area contributed by atoms with Gasteiger partial charge >= 0.3 is 6.18 Å². The van der Waals surface area contributed by atoms with Crippen molar-refractivity contribution in [3.8, 4) is 0 Å². The topological polar surface area (TPSA) is 15.7 Å². The molecule has 3 nitrogen and oxygen atoms in total. The minimum atomic E-state index is -4.50.